The second kappa shape index (κ2) is 4.07. The molecule has 0 aliphatic heterocycles. The summed E-state index contributed by atoms with van der Waals surface area (Å²) in [6.45, 7) is 3.28. The van der Waals surface area contributed by atoms with Crippen LogP contribution in [0.15, 0.2) is 0 Å². The summed E-state index contributed by atoms with van der Waals surface area (Å²) in [4.78, 5) is 10.6. The van der Waals surface area contributed by atoms with Crippen molar-refractivity contribution in [3.05, 3.63) is 0 Å². The van der Waals surface area contributed by atoms with Gasteiger partial charge in [0.2, 0.25) is 0 Å². The Labute approximate surface area is 78.0 Å². The van der Waals surface area contributed by atoms with Crippen LogP contribution in [0.25, 0.3) is 0 Å². The van der Waals surface area contributed by atoms with Gasteiger partial charge in [0, 0.05) is 6.54 Å². The van der Waals surface area contributed by atoms with Crippen LogP contribution < -0.4 is 5.32 Å². The fourth-order valence-electron chi connectivity index (χ4n) is 1.83. The van der Waals surface area contributed by atoms with Crippen molar-refractivity contribution in [2.45, 2.75) is 31.8 Å². The first-order valence-electron chi connectivity index (χ1n) is 4.73. The van der Waals surface area contributed by atoms with Gasteiger partial charge in [-0.05, 0) is 25.8 Å². The molecule has 1 aliphatic rings. The molecule has 0 bridgehead atoms. The maximum absolute atomic E-state index is 10.6. The largest absolute Gasteiger partial charge is 0.481 e. The number of carboxylic acid groups (broad SMARTS) is 1. The quantitative estimate of drug-likeness (QED) is 0.588. The van der Waals surface area contributed by atoms with Gasteiger partial charge in [0.25, 0.3) is 0 Å². The molecule has 13 heavy (non-hydrogen) atoms. The number of carboxylic acids is 1. The summed E-state index contributed by atoms with van der Waals surface area (Å²) in [6.07, 6.45) is 1.57. The minimum absolute atomic E-state index is 0.358. The molecule has 0 radical (unpaired) electrons. The zero-order valence-corrected chi connectivity index (χ0v) is 7.92. The minimum Gasteiger partial charge on any atom is -0.481 e. The molecule has 0 aromatic rings. The molecular formula is C9H17NO3. The third kappa shape index (κ3) is 2.67. The highest BCUT2D eigenvalue weighted by Crippen LogP contribution is 2.34. The highest BCUT2D eigenvalue weighted by Gasteiger charge is 2.39. The minimum atomic E-state index is -0.793. The van der Waals surface area contributed by atoms with Crippen LogP contribution in [0.1, 0.15) is 26.2 Å². The van der Waals surface area contributed by atoms with Gasteiger partial charge < -0.3 is 15.5 Å². The van der Waals surface area contributed by atoms with Crippen LogP contribution in [0.2, 0.25) is 0 Å². The monoisotopic (exact) mass is 187 g/mol. The van der Waals surface area contributed by atoms with Crippen molar-refractivity contribution < 1.29 is 15.0 Å². The summed E-state index contributed by atoms with van der Waals surface area (Å²) in [6, 6.07) is 0. The maximum Gasteiger partial charge on any atom is 0.306 e. The molecule has 0 aromatic carbocycles. The van der Waals surface area contributed by atoms with Crippen molar-refractivity contribution in [2.75, 3.05) is 13.1 Å². The fraction of sp³-hybridized carbons (Fsp3) is 0.889. The average molecular weight is 187 g/mol. The summed E-state index contributed by atoms with van der Waals surface area (Å²) < 4.78 is 0. The molecule has 76 valence electrons. The number of likely N-dealkylation sites (N-methyl/N-ethyl adjacent to an activating group) is 1. The lowest BCUT2D eigenvalue weighted by molar-refractivity contribution is -0.142. The second-order valence-electron chi connectivity index (χ2n) is 3.78. The highest BCUT2D eigenvalue weighted by molar-refractivity contribution is 5.70. The van der Waals surface area contributed by atoms with E-state index in [0.717, 1.165) is 6.54 Å². The van der Waals surface area contributed by atoms with Crippen LogP contribution in [-0.4, -0.2) is 34.9 Å². The van der Waals surface area contributed by atoms with E-state index in [1.807, 2.05) is 6.92 Å². The Balaban J connectivity index is 2.41. The van der Waals surface area contributed by atoms with Crippen molar-refractivity contribution in [1.82, 2.24) is 5.32 Å². The summed E-state index contributed by atoms with van der Waals surface area (Å²) >= 11 is 0. The Kier molecular flexibility index (Phi) is 3.27. The lowest BCUT2D eigenvalue weighted by Crippen LogP contribution is -2.38. The summed E-state index contributed by atoms with van der Waals surface area (Å²) in [7, 11) is 0. The Bertz CT molecular complexity index is 195. The van der Waals surface area contributed by atoms with Crippen molar-refractivity contribution in [1.29, 1.82) is 0 Å². The molecule has 0 heterocycles. The SMILES string of the molecule is CCNCC1(O)CCC(C(=O)O)C1. The number of aliphatic hydroxyl groups is 1. The van der Waals surface area contributed by atoms with Crippen LogP contribution in [-0.2, 0) is 4.79 Å². The van der Waals surface area contributed by atoms with E-state index in [1.165, 1.54) is 0 Å². The fourth-order valence-corrected chi connectivity index (χ4v) is 1.83. The molecule has 4 heteroatoms. The summed E-state index contributed by atoms with van der Waals surface area (Å²) in [5.41, 5.74) is -0.793. The van der Waals surface area contributed by atoms with Crippen LogP contribution in [0.5, 0.6) is 0 Å². The lowest BCUT2D eigenvalue weighted by atomic mass is 10.0. The Morgan fingerprint density at radius 3 is 2.85 bits per heavy atom. The van der Waals surface area contributed by atoms with Crippen molar-refractivity contribution in [3.63, 3.8) is 0 Å². The number of aliphatic carboxylic acids is 1. The molecule has 1 rings (SSSR count). The number of rotatable bonds is 4. The number of nitrogens with one attached hydrogen (secondary N) is 1. The molecule has 0 spiro atoms. The zero-order valence-electron chi connectivity index (χ0n) is 7.92. The number of hydrogen-bond acceptors (Lipinski definition) is 3. The van der Waals surface area contributed by atoms with Crippen LogP contribution in [0, 0.1) is 5.92 Å². The van der Waals surface area contributed by atoms with Gasteiger partial charge >= 0.3 is 5.97 Å². The molecule has 2 unspecified atom stereocenters. The smallest absolute Gasteiger partial charge is 0.306 e. The molecule has 1 fully saturated rings. The van der Waals surface area contributed by atoms with E-state index >= 15 is 0 Å². The van der Waals surface area contributed by atoms with E-state index in [9.17, 15) is 9.90 Å². The van der Waals surface area contributed by atoms with Gasteiger partial charge in [-0.25, -0.2) is 0 Å². The first-order valence-corrected chi connectivity index (χ1v) is 4.73. The predicted molar refractivity (Wildman–Crippen MR) is 48.5 cm³/mol. The van der Waals surface area contributed by atoms with Gasteiger partial charge in [-0.1, -0.05) is 6.92 Å². The van der Waals surface area contributed by atoms with Crippen molar-refractivity contribution in [2.24, 2.45) is 5.92 Å². The Morgan fingerprint density at radius 2 is 2.38 bits per heavy atom. The van der Waals surface area contributed by atoms with E-state index in [-0.39, 0.29) is 5.92 Å². The topological polar surface area (TPSA) is 69.6 Å². The Morgan fingerprint density at radius 1 is 1.69 bits per heavy atom. The molecule has 0 saturated heterocycles. The van der Waals surface area contributed by atoms with E-state index in [0.29, 0.717) is 25.8 Å². The Hall–Kier alpha value is -0.610. The zero-order chi connectivity index (χ0) is 9.90. The molecule has 1 saturated carbocycles. The third-order valence-electron chi connectivity index (χ3n) is 2.64. The second-order valence-corrected chi connectivity index (χ2v) is 3.78. The molecule has 4 nitrogen and oxygen atoms in total. The molecule has 3 N–H and O–H groups in total. The van der Waals surface area contributed by atoms with Crippen LogP contribution in [0.3, 0.4) is 0 Å². The molecule has 2 atom stereocenters. The van der Waals surface area contributed by atoms with Gasteiger partial charge in [0.1, 0.15) is 0 Å². The molecular weight excluding hydrogens is 170 g/mol. The van der Waals surface area contributed by atoms with Gasteiger partial charge in [-0.3, -0.25) is 4.79 Å². The summed E-state index contributed by atoms with van der Waals surface area (Å²) in [5.74, 6) is -1.14. The van der Waals surface area contributed by atoms with Gasteiger partial charge in [0.05, 0.1) is 11.5 Å². The average Bonchev–Trinajstić information content (AvgIpc) is 2.46. The van der Waals surface area contributed by atoms with Crippen molar-refractivity contribution in [3.8, 4) is 0 Å². The third-order valence-corrected chi connectivity index (χ3v) is 2.64. The highest BCUT2D eigenvalue weighted by atomic mass is 16.4. The normalized spacial score (nSPS) is 33.5. The van der Waals surface area contributed by atoms with Crippen molar-refractivity contribution >= 4 is 5.97 Å². The van der Waals surface area contributed by atoms with Gasteiger partial charge in [-0.15, -0.1) is 0 Å². The first-order chi connectivity index (χ1) is 6.07. The van der Waals surface area contributed by atoms with E-state index < -0.39 is 11.6 Å². The number of hydrogen-bond donors (Lipinski definition) is 3. The van der Waals surface area contributed by atoms with E-state index in [4.69, 9.17) is 5.11 Å². The maximum atomic E-state index is 10.6. The predicted octanol–water partition coefficient (Wildman–Crippen LogP) is 0.212. The summed E-state index contributed by atoms with van der Waals surface area (Å²) in [5, 5.41) is 21.7. The lowest BCUT2D eigenvalue weighted by Gasteiger charge is -2.22. The van der Waals surface area contributed by atoms with Gasteiger partial charge in [0.15, 0.2) is 0 Å². The van der Waals surface area contributed by atoms with Crippen LogP contribution in [0.4, 0.5) is 0 Å². The van der Waals surface area contributed by atoms with E-state index in [2.05, 4.69) is 5.32 Å². The van der Waals surface area contributed by atoms with Crippen LogP contribution >= 0.6 is 0 Å². The molecule has 0 aromatic heterocycles. The molecule has 0 amide bonds. The van der Waals surface area contributed by atoms with Gasteiger partial charge in [-0.2, -0.15) is 0 Å². The standard InChI is InChI=1S/C9H17NO3/c1-2-10-6-9(13)4-3-7(5-9)8(11)12/h7,10,13H,2-6H2,1H3,(H,11,12). The van der Waals surface area contributed by atoms with E-state index in [1.54, 1.807) is 0 Å². The number of carbonyl (C=O) groups is 1. The first kappa shape index (κ1) is 10.5. The molecule has 1 aliphatic carbocycles.